The van der Waals surface area contributed by atoms with E-state index in [1.165, 1.54) is 12.0 Å². The number of amides is 1. The number of esters is 1. The second kappa shape index (κ2) is 10.8. The van der Waals surface area contributed by atoms with Crippen LogP contribution in [0.15, 0.2) is 71.9 Å². The summed E-state index contributed by atoms with van der Waals surface area (Å²) in [5.41, 5.74) is 14.8. The van der Waals surface area contributed by atoms with E-state index in [9.17, 15) is 9.59 Å². The van der Waals surface area contributed by atoms with Gasteiger partial charge in [-0.05, 0) is 49.6 Å². The lowest BCUT2D eigenvalue weighted by atomic mass is 9.98. The number of nitrogen functional groups attached to an aromatic ring is 1. The van der Waals surface area contributed by atoms with Crippen LogP contribution in [0.5, 0.6) is 0 Å². The molecule has 0 heterocycles. The summed E-state index contributed by atoms with van der Waals surface area (Å²) in [6, 6.07) is 19.4. The molecule has 0 aliphatic carbocycles. The van der Waals surface area contributed by atoms with Gasteiger partial charge in [0.05, 0.1) is 30.6 Å². The van der Waals surface area contributed by atoms with Crippen LogP contribution in [0.2, 0.25) is 0 Å². The maximum atomic E-state index is 13.3. The Bertz CT molecular complexity index is 1280. The fourth-order valence-corrected chi connectivity index (χ4v) is 3.67. The molecule has 3 aromatic carbocycles. The van der Waals surface area contributed by atoms with Crippen molar-refractivity contribution in [2.45, 2.75) is 32.9 Å². The molecular formula is C27H30N4O5. The molecule has 0 radical (unpaired) electrons. The fourth-order valence-electron chi connectivity index (χ4n) is 3.67. The molecule has 0 bridgehead atoms. The van der Waals surface area contributed by atoms with Crippen molar-refractivity contribution in [1.29, 1.82) is 0 Å². The average molecular weight is 491 g/mol. The van der Waals surface area contributed by atoms with E-state index in [1.807, 2.05) is 36.4 Å². The maximum absolute atomic E-state index is 13.3. The normalized spacial score (nSPS) is 11.6. The number of carbonyl (C=O) groups excluding carboxylic acids is 2. The highest BCUT2D eigenvalue weighted by Gasteiger charge is 2.29. The molecule has 1 amide bonds. The highest BCUT2D eigenvalue weighted by molar-refractivity contribution is 6.04. The summed E-state index contributed by atoms with van der Waals surface area (Å²) in [6.07, 6.45) is -0.660. The third kappa shape index (κ3) is 5.93. The van der Waals surface area contributed by atoms with Crippen molar-refractivity contribution in [3.63, 3.8) is 0 Å². The van der Waals surface area contributed by atoms with Crippen LogP contribution >= 0.6 is 0 Å². The number of benzene rings is 3. The van der Waals surface area contributed by atoms with E-state index in [0.717, 1.165) is 16.7 Å². The minimum Gasteiger partial charge on any atom is -0.465 e. The standard InChI is InChI=1S/C27H30N4O5/c1-27(2,3)36-26(33)31(23-21(25(32)35-4)10-7-11-22(23)28)16-17-12-14-18(15-13-17)19-8-5-6-9-20(19)24(29)30-34/h5-15,34H,16,28H2,1-4H3,(H2,29,30). The van der Waals surface area contributed by atoms with Crippen LogP contribution in [0.1, 0.15) is 42.3 Å². The van der Waals surface area contributed by atoms with Gasteiger partial charge < -0.3 is 26.1 Å². The molecule has 0 atom stereocenters. The molecule has 3 aromatic rings. The smallest absolute Gasteiger partial charge is 0.415 e. The summed E-state index contributed by atoms with van der Waals surface area (Å²) < 4.78 is 10.5. The van der Waals surface area contributed by atoms with Crippen LogP contribution < -0.4 is 16.4 Å². The predicted octanol–water partition coefficient (Wildman–Crippen LogP) is 4.76. The van der Waals surface area contributed by atoms with E-state index < -0.39 is 17.7 Å². The number of ether oxygens (including phenoxy) is 2. The Morgan fingerprint density at radius 3 is 2.22 bits per heavy atom. The lowest BCUT2D eigenvalue weighted by Gasteiger charge is -2.29. The fraction of sp³-hybridized carbons (Fsp3) is 0.222. The molecule has 9 nitrogen and oxygen atoms in total. The summed E-state index contributed by atoms with van der Waals surface area (Å²) in [5, 5.41) is 12.2. The molecule has 3 rings (SSSR count). The molecule has 0 fully saturated rings. The Morgan fingerprint density at radius 2 is 1.61 bits per heavy atom. The number of carbonyl (C=O) groups is 2. The van der Waals surface area contributed by atoms with Crippen molar-refractivity contribution in [2.75, 3.05) is 17.7 Å². The minimum atomic E-state index is -0.772. The van der Waals surface area contributed by atoms with Crippen molar-refractivity contribution >= 4 is 29.3 Å². The van der Waals surface area contributed by atoms with Crippen LogP contribution in [-0.2, 0) is 16.0 Å². The first-order valence-electron chi connectivity index (χ1n) is 11.2. The van der Waals surface area contributed by atoms with Gasteiger partial charge in [0.1, 0.15) is 5.60 Å². The number of anilines is 2. The molecule has 0 aliphatic heterocycles. The first-order chi connectivity index (χ1) is 17.1. The van der Waals surface area contributed by atoms with E-state index in [1.54, 1.807) is 51.1 Å². The largest absolute Gasteiger partial charge is 0.465 e. The molecule has 5 N–H and O–H groups in total. The van der Waals surface area contributed by atoms with E-state index >= 15 is 0 Å². The molecule has 0 spiro atoms. The topological polar surface area (TPSA) is 140 Å². The monoisotopic (exact) mass is 490 g/mol. The molecule has 36 heavy (non-hydrogen) atoms. The molecule has 0 aromatic heterocycles. The zero-order valence-corrected chi connectivity index (χ0v) is 20.7. The Balaban J connectivity index is 2.03. The van der Waals surface area contributed by atoms with Gasteiger partial charge in [-0.15, -0.1) is 0 Å². The van der Waals surface area contributed by atoms with E-state index in [0.29, 0.717) is 5.56 Å². The molecule has 0 saturated carbocycles. The summed E-state index contributed by atoms with van der Waals surface area (Å²) >= 11 is 0. The quantitative estimate of drug-likeness (QED) is 0.113. The third-order valence-electron chi connectivity index (χ3n) is 5.27. The van der Waals surface area contributed by atoms with Gasteiger partial charge in [0.25, 0.3) is 0 Å². The van der Waals surface area contributed by atoms with E-state index in [2.05, 4.69) is 5.16 Å². The molecule has 9 heteroatoms. The van der Waals surface area contributed by atoms with Crippen LogP contribution in [-0.4, -0.2) is 35.8 Å². The van der Waals surface area contributed by atoms with Gasteiger partial charge in [0.15, 0.2) is 5.84 Å². The Morgan fingerprint density at radius 1 is 0.972 bits per heavy atom. The number of nitrogens with two attached hydrogens (primary N) is 2. The van der Waals surface area contributed by atoms with Gasteiger partial charge in [0, 0.05) is 5.56 Å². The molecule has 0 aliphatic rings. The average Bonchev–Trinajstić information content (AvgIpc) is 2.85. The third-order valence-corrected chi connectivity index (χ3v) is 5.27. The Labute approximate surface area is 209 Å². The SMILES string of the molecule is COC(=O)c1cccc(N)c1N(Cc1ccc(-c2ccccc2/C(N)=N\O)cc1)C(=O)OC(C)(C)C. The summed E-state index contributed by atoms with van der Waals surface area (Å²) in [4.78, 5) is 27.1. The minimum absolute atomic E-state index is 0.000620. The number of para-hydroxylation sites is 1. The Kier molecular flexibility index (Phi) is 7.83. The van der Waals surface area contributed by atoms with Gasteiger partial charge in [-0.25, -0.2) is 9.59 Å². The number of hydrogen-bond acceptors (Lipinski definition) is 7. The van der Waals surface area contributed by atoms with Crippen molar-refractivity contribution < 1.29 is 24.3 Å². The van der Waals surface area contributed by atoms with Gasteiger partial charge in [-0.3, -0.25) is 4.90 Å². The first-order valence-corrected chi connectivity index (χ1v) is 11.2. The summed E-state index contributed by atoms with van der Waals surface area (Å²) in [7, 11) is 1.26. The zero-order valence-electron chi connectivity index (χ0n) is 20.7. The molecule has 0 unspecified atom stereocenters. The predicted molar refractivity (Wildman–Crippen MR) is 139 cm³/mol. The van der Waals surface area contributed by atoms with E-state index in [-0.39, 0.29) is 29.3 Å². The van der Waals surface area contributed by atoms with Crippen molar-refractivity contribution in [2.24, 2.45) is 10.9 Å². The number of hydrogen-bond donors (Lipinski definition) is 3. The summed E-state index contributed by atoms with van der Waals surface area (Å²) in [6.45, 7) is 5.35. The lowest BCUT2D eigenvalue weighted by molar-refractivity contribution is 0.0576. The van der Waals surface area contributed by atoms with Crippen molar-refractivity contribution in [3.05, 3.63) is 83.4 Å². The second-order valence-corrected chi connectivity index (χ2v) is 9.03. The maximum Gasteiger partial charge on any atom is 0.415 e. The highest BCUT2D eigenvalue weighted by Crippen LogP contribution is 2.32. The van der Waals surface area contributed by atoms with Gasteiger partial charge in [-0.2, -0.15) is 0 Å². The van der Waals surface area contributed by atoms with Crippen LogP contribution in [0, 0.1) is 0 Å². The summed E-state index contributed by atoms with van der Waals surface area (Å²) in [5.74, 6) is -0.624. The van der Waals surface area contributed by atoms with E-state index in [4.69, 9.17) is 26.1 Å². The van der Waals surface area contributed by atoms with Crippen LogP contribution in [0.4, 0.5) is 16.2 Å². The number of nitrogens with zero attached hydrogens (tertiary/aromatic N) is 2. The number of amidine groups is 1. The van der Waals surface area contributed by atoms with Gasteiger partial charge >= 0.3 is 12.1 Å². The zero-order chi connectivity index (χ0) is 26.5. The first kappa shape index (κ1) is 26.1. The lowest BCUT2D eigenvalue weighted by Crippen LogP contribution is -2.37. The second-order valence-electron chi connectivity index (χ2n) is 9.03. The number of methoxy groups -OCH3 is 1. The van der Waals surface area contributed by atoms with Crippen molar-refractivity contribution in [1.82, 2.24) is 0 Å². The van der Waals surface area contributed by atoms with Crippen LogP contribution in [0.25, 0.3) is 11.1 Å². The highest BCUT2D eigenvalue weighted by atomic mass is 16.6. The van der Waals surface area contributed by atoms with Gasteiger partial charge in [0.2, 0.25) is 0 Å². The molecule has 188 valence electrons. The van der Waals surface area contributed by atoms with Crippen molar-refractivity contribution in [3.8, 4) is 11.1 Å². The molecular weight excluding hydrogens is 460 g/mol. The van der Waals surface area contributed by atoms with Crippen LogP contribution in [0.3, 0.4) is 0 Å². The number of rotatable bonds is 6. The number of oxime groups is 1. The Hall–Kier alpha value is -4.53. The molecule has 0 saturated heterocycles. The van der Waals surface area contributed by atoms with Gasteiger partial charge in [-0.1, -0.05) is 59.8 Å².